The first kappa shape index (κ1) is 31.8. The van der Waals surface area contributed by atoms with Gasteiger partial charge in [0, 0.05) is 17.8 Å². The molecule has 2 N–H and O–H groups in total. The molecule has 0 aliphatic rings. The highest BCUT2D eigenvalue weighted by Crippen LogP contribution is 2.30. The molecule has 1 rings (SSSR count). The van der Waals surface area contributed by atoms with E-state index in [1.54, 1.807) is 25.7 Å². The Bertz CT molecular complexity index is 870. The van der Waals surface area contributed by atoms with Crippen molar-refractivity contribution >= 4 is 30.5 Å². The van der Waals surface area contributed by atoms with Gasteiger partial charge in [0.05, 0.1) is 0 Å². The van der Waals surface area contributed by atoms with Crippen LogP contribution >= 0.6 is 12.6 Å². The van der Waals surface area contributed by atoms with Crippen molar-refractivity contribution in [3.05, 3.63) is 34.9 Å². The Morgan fingerprint density at radius 3 is 2.06 bits per heavy atom. The quantitative estimate of drug-likeness (QED) is 0.265. The molecule has 1 aromatic carbocycles. The number of aryl methyl sites for hydroxylation is 2. The molecule has 36 heavy (non-hydrogen) atoms. The zero-order valence-electron chi connectivity index (χ0n) is 23.7. The number of nitrogens with zero attached hydrogens (tertiary/aromatic N) is 1. The molecule has 2 unspecified atom stereocenters. The average Bonchev–Trinajstić information content (AvgIpc) is 2.72. The number of benzene rings is 1. The summed E-state index contributed by atoms with van der Waals surface area (Å²) in [5.41, 5.74) is 1.47. The Morgan fingerprint density at radius 2 is 1.58 bits per heavy atom. The second-order valence-electron chi connectivity index (χ2n) is 11.4. The highest BCUT2D eigenvalue weighted by Gasteiger charge is 2.38. The van der Waals surface area contributed by atoms with Gasteiger partial charge in [0.25, 0.3) is 0 Å². The second kappa shape index (κ2) is 13.9. The first-order chi connectivity index (χ1) is 16.6. The van der Waals surface area contributed by atoms with Crippen LogP contribution in [0.15, 0.2) is 18.2 Å². The molecule has 0 spiro atoms. The van der Waals surface area contributed by atoms with Gasteiger partial charge in [0.1, 0.15) is 17.7 Å². The van der Waals surface area contributed by atoms with Crippen molar-refractivity contribution in [2.45, 2.75) is 111 Å². The molecule has 7 nitrogen and oxygen atoms in total. The summed E-state index contributed by atoms with van der Waals surface area (Å²) in [4.78, 5) is 41.9. The third kappa shape index (κ3) is 10.4. The first-order valence-corrected chi connectivity index (χ1v) is 13.5. The molecule has 3 amide bonds. The summed E-state index contributed by atoms with van der Waals surface area (Å²) in [5, 5.41) is 5.74. The van der Waals surface area contributed by atoms with Crippen molar-refractivity contribution in [2.75, 3.05) is 12.3 Å². The lowest BCUT2D eigenvalue weighted by Crippen LogP contribution is -2.55. The molecular weight excluding hydrogens is 474 g/mol. The topological polar surface area (TPSA) is 87.7 Å². The van der Waals surface area contributed by atoms with Crippen molar-refractivity contribution in [1.82, 2.24) is 15.5 Å². The van der Waals surface area contributed by atoms with E-state index in [1.807, 2.05) is 52.8 Å². The normalized spacial score (nSPS) is 13.5. The van der Waals surface area contributed by atoms with E-state index in [-0.39, 0.29) is 17.6 Å². The fraction of sp³-hybridized carbons (Fsp3) is 0.679. The number of thiol groups is 1. The lowest BCUT2D eigenvalue weighted by Gasteiger charge is -2.37. The van der Waals surface area contributed by atoms with Gasteiger partial charge in [-0.2, -0.15) is 12.6 Å². The van der Waals surface area contributed by atoms with E-state index in [0.717, 1.165) is 42.4 Å². The van der Waals surface area contributed by atoms with Crippen molar-refractivity contribution in [2.24, 2.45) is 0 Å². The fourth-order valence-electron chi connectivity index (χ4n) is 4.04. The lowest BCUT2D eigenvalue weighted by molar-refractivity contribution is -0.142. The maximum Gasteiger partial charge on any atom is 0.408 e. The molecule has 0 saturated carbocycles. The molecule has 8 heteroatoms. The predicted molar refractivity (Wildman–Crippen MR) is 149 cm³/mol. The fourth-order valence-corrected chi connectivity index (χ4v) is 4.28. The summed E-state index contributed by atoms with van der Waals surface area (Å²) >= 11 is 4.36. The number of ether oxygens (including phenoxy) is 1. The minimum absolute atomic E-state index is 0.0733. The molecule has 1 aromatic rings. The molecular formula is C28H47N3O4S. The number of unbranched alkanes of at least 4 members (excludes halogenated alkanes) is 3. The van der Waals surface area contributed by atoms with Crippen molar-refractivity contribution in [3.8, 4) is 0 Å². The minimum atomic E-state index is -0.941. The van der Waals surface area contributed by atoms with Crippen LogP contribution in [0.25, 0.3) is 0 Å². The van der Waals surface area contributed by atoms with Crippen LogP contribution in [0.4, 0.5) is 4.79 Å². The van der Waals surface area contributed by atoms with Gasteiger partial charge in [0.2, 0.25) is 11.8 Å². The van der Waals surface area contributed by atoms with Crippen molar-refractivity contribution in [1.29, 1.82) is 0 Å². The van der Waals surface area contributed by atoms with E-state index < -0.39 is 29.3 Å². The molecule has 0 bridgehead atoms. The molecule has 0 aliphatic heterocycles. The van der Waals surface area contributed by atoms with E-state index in [1.165, 1.54) is 0 Å². The monoisotopic (exact) mass is 521 g/mol. The molecule has 0 fully saturated rings. The Kier molecular flexibility index (Phi) is 12.3. The standard InChI is InChI=1S/C28H47N3O4S/c1-10-11-12-13-17-31(25(33)21(18-36)29-26(34)35-28(7,8)9)23(24(32)30-27(4,5)6)22-19(2)15-14-16-20(22)3/h14-16,21,23,36H,10-13,17-18H2,1-9H3,(H,29,34)(H,30,32). The SMILES string of the molecule is CCCCCCN(C(=O)C(CS)NC(=O)OC(C)(C)C)C(C(=O)NC(C)(C)C)c1c(C)cccc1C. The smallest absolute Gasteiger partial charge is 0.408 e. The number of hydrogen-bond acceptors (Lipinski definition) is 5. The lowest BCUT2D eigenvalue weighted by atomic mass is 9.92. The van der Waals surface area contributed by atoms with Gasteiger partial charge in [-0.05, 0) is 78.5 Å². The van der Waals surface area contributed by atoms with Crippen LogP contribution < -0.4 is 10.6 Å². The third-order valence-electron chi connectivity index (χ3n) is 5.58. The van der Waals surface area contributed by atoms with Crippen molar-refractivity contribution in [3.63, 3.8) is 0 Å². The van der Waals surface area contributed by atoms with E-state index >= 15 is 0 Å². The van der Waals surface area contributed by atoms with Gasteiger partial charge < -0.3 is 20.3 Å². The van der Waals surface area contributed by atoms with E-state index in [4.69, 9.17) is 4.74 Å². The van der Waals surface area contributed by atoms with Crippen LogP contribution in [0, 0.1) is 13.8 Å². The number of carbonyl (C=O) groups is 3. The summed E-state index contributed by atoms with van der Waals surface area (Å²) in [5.74, 6) is -0.535. The highest BCUT2D eigenvalue weighted by atomic mass is 32.1. The molecule has 0 radical (unpaired) electrons. The number of rotatable bonds is 11. The highest BCUT2D eigenvalue weighted by molar-refractivity contribution is 7.80. The Balaban J connectivity index is 3.52. The number of hydrogen-bond donors (Lipinski definition) is 3. The molecule has 204 valence electrons. The maximum absolute atomic E-state index is 14.0. The zero-order valence-corrected chi connectivity index (χ0v) is 24.6. The molecule has 0 saturated heterocycles. The number of amides is 3. The summed E-state index contributed by atoms with van der Waals surface area (Å²) in [6, 6.07) is 4.06. The van der Waals surface area contributed by atoms with Crippen LogP contribution in [-0.2, 0) is 14.3 Å². The first-order valence-electron chi connectivity index (χ1n) is 12.9. The maximum atomic E-state index is 14.0. The number of alkyl carbamates (subject to hydrolysis) is 1. The summed E-state index contributed by atoms with van der Waals surface area (Å²) in [7, 11) is 0. The van der Waals surface area contributed by atoms with Gasteiger partial charge in [-0.1, -0.05) is 44.4 Å². The van der Waals surface area contributed by atoms with Gasteiger partial charge >= 0.3 is 6.09 Å². The van der Waals surface area contributed by atoms with Gasteiger partial charge in [-0.3, -0.25) is 9.59 Å². The Labute approximate surface area is 223 Å². The third-order valence-corrected chi connectivity index (χ3v) is 5.95. The van der Waals surface area contributed by atoms with Crippen LogP contribution in [-0.4, -0.2) is 52.3 Å². The summed E-state index contributed by atoms with van der Waals surface area (Å²) < 4.78 is 5.38. The minimum Gasteiger partial charge on any atom is -0.444 e. The van der Waals surface area contributed by atoms with Crippen molar-refractivity contribution < 1.29 is 19.1 Å². The van der Waals surface area contributed by atoms with E-state index in [2.05, 4.69) is 30.2 Å². The predicted octanol–water partition coefficient (Wildman–Crippen LogP) is 5.49. The summed E-state index contributed by atoms with van der Waals surface area (Å²) in [6.07, 6.45) is 3.08. The Hall–Kier alpha value is -2.22. The van der Waals surface area contributed by atoms with E-state index in [0.29, 0.717) is 6.54 Å². The average molecular weight is 522 g/mol. The summed E-state index contributed by atoms with van der Waals surface area (Å²) in [6.45, 7) is 17.5. The second-order valence-corrected chi connectivity index (χ2v) is 11.8. The Morgan fingerprint density at radius 1 is 1.00 bits per heavy atom. The van der Waals surface area contributed by atoms with Crippen LogP contribution in [0.2, 0.25) is 0 Å². The van der Waals surface area contributed by atoms with Crippen LogP contribution in [0.1, 0.15) is 96.9 Å². The van der Waals surface area contributed by atoms with E-state index in [9.17, 15) is 14.4 Å². The van der Waals surface area contributed by atoms with Gasteiger partial charge in [-0.15, -0.1) is 0 Å². The zero-order chi connectivity index (χ0) is 27.7. The van der Waals surface area contributed by atoms with Crippen LogP contribution in [0.5, 0.6) is 0 Å². The number of nitrogens with one attached hydrogen (secondary N) is 2. The largest absolute Gasteiger partial charge is 0.444 e. The molecule has 0 aliphatic carbocycles. The number of carbonyl (C=O) groups excluding carboxylic acids is 3. The van der Waals surface area contributed by atoms with Gasteiger partial charge in [-0.25, -0.2) is 4.79 Å². The molecule has 0 aromatic heterocycles. The molecule has 0 heterocycles. The molecule has 2 atom stereocenters. The van der Waals surface area contributed by atoms with Crippen LogP contribution in [0.3, 0.4) is 0 Å². The van der Waals surface area contributed by atoms with Gasteiger partial charge in [0.15, 0.2) is 0 Å².